The Morgan fingerprint density at radius 3 is 2.53 bits per heavy atom. The molecular weight excluding hydrogens is 283 g/mol. The number of hydrogen-bond donors (Lipinski definition) is 0. The molecule has 1 aliphatic heterocycles. The van der Waals surface area contributed by atoms with Crippen molar-refractivity contribution in [1.82, 2.24) is 9.88 Å². The van der Waals surface area contributed by atoms with Gasteiger partial charge in [0, 0.05) is 12.7 Å². The Bertz CT molecular complexity index is 400. The minimum atomic E-state index is -5.01. The third-order valence-corrected chi connectivity index (χ3v) is 2.99. The molecule has 0 saturated carbocycles. The molecular formula is C11H15BF3KN2O. The van der Waals surface area contributed by atoms with Crippen LogP contribution in [0.3, 0.4) is 0 Å². The molecule has 2 rings (SSSR count). The van der Waals surface area contributed by atoms with E-state index < -0.39 is 12.4 Å². The number of likely N-dealkylation sites (tertiary alicyclic amines) is 1. The predicted molar refractivity (Wildman–Crippen MR) is 64.1 cm³/mol. The number of aromatic nitrogens is 1. The molecule has 1 aromatic heterocycles. The first-order valence-electron chi connectivity index (χ1n) is 6.06. The van der Waals surface area contributed by atoms with Crippen LogP contribution < -0.4 is 61.6 Å². The van der Waals surface area contributed by atoms with Crippen LogP contribution in [-0.4, -0.2) is 43.1 Å². The van der Waals surface area contributed by atoms with E-state index in [1.807, 2.05) is 0 Å². The summed E-state index contributed by atoms with van der Waals surface area (Å²) in [6.07, 6.45) is 4.52. The first kappa shape index (κ1) is 17.5. The van der Waals surface area contributed by atoms with Gasteiger partial charge in [-0.1, -0.05) is 5.46 Å². The third-order valence-electron chi connectivity index (χ3n) is 2.99. The van der Waals surface area contributed by atoms with Crippen molar-refractivity contribution in [2.45, 2.75) is 12.8 Å². The Morgan fingerprint density at radius 2 is 1.89 bits per heavy atom. The monoisotopic (exact) mass is 298 g/mol. The van der Waals surface area contributed by atoms with E-state index in [-0.39, 0.29) is 57.1 Å². The fourth-order valence-corrected chi connectivity index (χ4v) is 1.99. The summed E-state index contributed by atoms with van der Waals surface area (Å²) in [5.41, 5.74) is -0.714. The molecule has 0 spiro atoms. The average molecular weight is 298 g/mol. The molecule has 1 fully saturated rings. The molecule has 1 aliphatic rings. The van der Waals surface area contributed by atoms with Crippen LogP contribution in [0.1, 0.15) is 12.8 Å². The van der Waals surface area contributed by atoms with E-state index in [0.717, 1.165) is 31.9 Å². The van der Waals surface area contributed by atoms with Gasteiger partial charge in [-0.25, -0.2) is 0 Å². The van der Waals surface area contributed by atoms with Gasteiger partial charge in [-0.15, -0.1) is 0 Å². The molecule has 0 unspecified atom stereocenters. The molecule has 0 N–H and O–H groups in total. The van der Waals surface area contributed by atoms with E-state index in [9.17, 15) is 12.9 Å². The minimum absolute atomic E-state index is 0. The van der Waals surface area contributed by atoms with Crippen molar-refractivity contribution in [3.63, 3.8) is 0 Å². The second-order valence-corrected chi connectivity index (χ2v) is 4.43. The van der Waals surface area contributed by atoms with Crippen molar-refractivity contribution in [3.8, 4) is 5.75 Å². The standard InChI is InChI=1S/C11H15BF3N2O.K/c13-12(14,15)10-7-11(9-16-8-10)18-6-5-17-3-1-2-4-17;/h7-9H,1-6H2;/q-1;+1. The average Bonchev–Trinajstić information content (AvgIpc) is 2.81. The zero-order valence-corrected chi connectivity index (χ0v) is 14.1. The molecule has 0 bridgehead atoms. The number of ether oxygens (including phenoxy) is 1. The van der Waals surface area contributed by atoms with Gasteiger partial charge in [0.05, 0.1) is 6.20 Å². The van der Waals surface area contributed by atoms with Gasteiger partial charge in [-0.3, -0.25) is 9.88 Å². The van der Waals surface area contributed by atoms with Crippen molar-refractivity contribution in [2.75, 3.05) is 26.2 Å². The fraction of sp³-hybridized carbons (Fsp3) is 0.545. The first-order chi connectivity index (χ1) is 8.55. The Hall–Kier alpha value is 0.401. The largest absolute Gasteiger partial charge is 1.00 e. The van der Waals surface area contributed by atoms with E-state index in [2.05, 4.69) is 9.88 Å². The molecule has 0 aromatic carbocycles. The molecule has 1 saturated heterocycles. The van der Waals surface area contributed by atoms with Crippen molar-refractivity contribution in [2.24, 2.45) is 0 Å². The summed E-state index contributed by atoms with van der Waals surface area (Å²) in [4.78, 5) is 5.80. The summed E-state index contributed by atoms with van der Waals surface area (Å²) in [5.74, 6) is 0.186. The summed E-state index contributed by atoms with van der Waals surface area (Å²) in [6, 6.07) is 1.01. The van der Waals surface area contributed by atoms with E-state index in [1.165, 1.54) is 19.0 Å². The van der Waals surface area contributed by atoms with Crippen LogP contribution in [0.4, 0.5) is 12.9 Å². The van der Waals surface area contributed by atoms with Gasteiger partial charge in [0.15, 0.2) is 0 Å². The molecule has 0 radical (unpaired) electrons. The van der Waals surface area contributed by atoms with E-state index in [0.29, 0.717) is 6.61 Å². The molecule has 0 amide bonds. The summed E-state index contributed by atoms with van der Waals surface area (Å²) in [5, 5.41) is 0. The van der Waals surface area contributed by atoms with Crippen molar-refractivity contribution in [3.05, 3.63) is 18.5 Å². The maximum absolute atomic E-state index is 12.5. The molecule has 0 aliphatic carbocycles. The van der Waals surface area contributed by atoms with Crippen LogP contribution in [0, 0.1) is 0 Å². The summed E-state index contributed by atoms with van der Waals surface area (Å²) in [6.45, 7) is -1.76. The number of halogens is 3. The van der Waals surface area contributed by atoms with Crippen LogP contribution >= 0.6 is 0 Å². The Kier molecular flexibility index (Phi) is 7.34. The van der Waals surface area contributed by atoms with Crippen LogP contribution in [0.25, 0.3) is 0 Å². The van der Waals surface area contributed by atoms with Crippen LogP contribution in [-0.2, 0) is 0 Å². The van der Waals surface area contributed by atoms with Gasteiger partial charge in [0.1, 0.15) is 12.4 Å². The predicted octanol–water partition coefficient (Wildman–Crippen LogP) is -1.39. The summed E-state index contributed by atoms with van der Waals surface area (Å²) < 4.78 is 42.8. The van der Waals surface area contributed by atoms with E-state index in [1.54, 1.807) is 0 Å². The second-order valence-electron chi connectivity index (χ2n) is 4.43. The zero-order chi connectivity index (χ0) is 13.0. The van der Waals surface area contributed by atoms with Crippen molar-refractivity contribution in [1.29, 1.82) is 0 Å². The van der Waals surface area contributed by atoms with Gasteiger partial charge < -0.3 is 17.7 Å². The number of nitrogens with zero attached hydrogens (tertiary/aromatic N) is 2. The third kappa shape index (κ3) is 5.73. The molecule has 2 heterocycles. The maximum Gasteiger partial charge on any atom is 1.00 e. The van der Waals surface area contributed by atoms with Gasteiger partial charge in [0.2, 0.25) is 0 Å². The second kappa shape index (κ2) is 7.99. The smallest absolute Gasteiger partial charge is 0.491 e. The Balaban J connectivity index is 0.00000180. The summed E-state index contributed by atoms with van der Waals surface area (Å²) in [7, 11) is 0. The quantitative estimate of drug-likeness (QED) is 0.626. The van der Waals surface area contributed by atoms with Gasteiger partial charge >= 0.3 is 58.4 Å². The fourth-order valence-electron chi connectivity index (χ4n) is 1.99. The number of rotatable bonds is 5. The zero-order valence-electron chi connectivity index (χ0n) is 11.0. The van der Waals surface area contributed by atoms with E-state index in [4.69, 9.17) is 4.74 Å². The molecule has 8 heteroatoms. The molecule has 19 heavy (non-hydrogen) atoms. The summed E-state index contributed by atoms with van der Waals surface area (Å²) >= 11 is 0. The van der Waals surface area contributed by atoms with Crippen molar-refractivity contribution < 1.29 is 69.1 Å². The number of pyridine rings is 1. The van der Waals surface area contributed by atoms with Crippen LogP contribution in [0.15, 0.2) is 18.5 Å². The van der Waals surface area contributed by atoms with Crippen molar-refractivity contribution >= 4 is 12.4 Å². The molecule has 0 atom stereocenters. The van der Waals surface area contributed by atoms with Gasteiger partial charge in [0.25, 0.3) is 0 Å². The van der Waals surface area contributed by atoms with Gasteiger partial charge in [-0.05, 0) is 32.0 Å². The Morgan fingerprint density at radius 1 is 1.21 bits per heavy atom. The molecule has 1 aromatic rings. The minimum Gasteiger partial charge on any atom is -0.491 e. The maximum atomic E-state index is 12.5. The Labute approximate surface area is 153 Å². The number of hydrogen-bond acceptors (Lipinski definition) is 3. The SMILES string of the molecule is F[B-](F)(F)c1cncc(OCCN2CCCC2)c1.[K+]. The first-order valence-corrected chi connectivity index (χ1v) is 6.06. The van der Waals surface area contributed by atoms with Gasteiger partial charge in [-0.2, -0.15) is 0 Å². The molecule has 3 nitrogen and oxygen atoms in total. The van der Waals surface area contributed by atoms with Crippen LogP contribution in [0.2, 0.25) is 0 Å². The normalized spacial score (nSPS) is 16.2. The van der Waals surface area contributed by atoms with Crippen LogP contribution in [0.5, 0.6) is 5.75 Å². The van der Waals surface area contributed by atoms with E-state index >= 15 is 0 Å². The topological polar surface area (TPSA) is 25.4 Å². The molecule has 100 valence electrons.